The van der Waals surface area contributed by atoms with Gasteiger partial charge < -0.3 is 4.74 Å². The Morgan fingerprint density at radius 3 is 2.41 bits per heavy atom. The highest BCUT2D eigenvalue weighted by molar-refractivity contribution is 5.83. The van der Waals surface area contributed by atoms with Crippen LogP contribution in [0.25, 0.3) is 22.3 Å². The summed E-state index contributed by atoms with van der Waals surface area (Å²) in [7, 11) is 0. The minimum absolute atomic E-state index is 0.113. The quantitative estimate of drug-likeness (QED) is 0.587. The monoisotopic (exact) mass is 371 g/mol. The Hall–Kier alpha value is -3.49. The molecule has 2 heterocycles. The van der Waals surface area contributed by atoms with Crippen LogP contribution < -0.4 is 4.74 Å². The first-order valence-corrected chi connectivity index (χ1v) is 7.94. The maximum atomic E-state index is 13.0. The van der Waals surface area contributed by atoms with E-state index in [-0.39, 0.29) is 18.0 Å². The number of fused-ring (bicyclic) bond motifs is 1. The molecule has 136 valence electrons. The van der Waals surface area contributed by atoms with Crippen LogP contribution in [-0.2, 0) is 12.8 Å². The van der Waals surface area contributed by atoms with Crippen molar-refractivity contribution < 1.29 is 17.9 Å². The molecule has 0 radical (unpaired) electrons. The molecule has 0 saturated carbocycles. The summed E-state index contributed by atoms with van der Waals surface area (Å²) in [5.74, 6) is -0.577. The third kappa shape index (κ3) is 3.57. The van der Waals surface area contributed by atoms with Crippen molar-refractivity contribution in [3.05, 3.63) is 66.2 Å². The topological polar surface area (TPSA) is 76.6 Å². The highest BCUT2D eigenvalue weighted by Crippen LogP contribution is 2.31. The van der Waals surface area contributed by atoms with E-state index in [4.69, 9.17) is 4.74 Å². The lowest BCUT2D eigenvalue weighted by molar-refractivity contribution is -0.145. The van der Waals surface area contributed by atoms with E-state index in [9.17, 15) is 13.2 Å². The van der Waals surface area contributed by atoms with Gasteiger partial charge in [0, 0.05) is 5.56 Å². The molecule has 2 aromatic heterocycles. The maximum Gasteiger partial charge on any atom is 0.451 e. The SMILES string of the molecule is FC(F)(F)c1nc(OCc2nc(-c3ccccc3)n[nH]2)c2ccccc2n1. The molecule has 0 aliphatic rings. The molecule has 0 bridgehead atoms. The van der Waals surface area contributed by atoms with Crippen molar-refractivity contribution >= 4 is 10.9 Å². The first-order valence-electron chi connectivity index (χ1n) is 7.94. The number of benzene rings is 2. The Bertz CT molecular complexity index is 1080. The number of nitrogens with zero attached hydrogens (tertiary/aromatic N) is 4. The number of para-hydroxylation sites is 1. The van der Waals surface area contributed by atoms with Crippen molar-refractivity contribution in [3.8, 4) is 17.3 Å². The number of halogens is 3. The predicted molar refractivity (Wildman–Crippen MR) is 90.7 cm³/mol. The third-order valence-corrected chi connectivity index (χ3v) is 3.73. The average molecular weight is 371 g/mol. The Morgan fingerprint density at radius 2 is 1.63 bits per heavy atom. The van der Waals surface area contributed by atoms with Crippen LogP contribution in [0.4, 0.5) is 13.2 Å². The minimum Gasteiger partial charge on any atom is -0.469 e. The van der Waals surface area contributed by atoms with Gasteiger partial charge in [0.1, 0.15) is 6.61 Å². The highest BCUT2D eigenvalue weighted by Gasteiger charge is 2.35. The van der Waals surface area contributed by atoms with E-state index < -0.39 is 12.0 Å². The third-order valence-electron chi connectivity index (χ3n) is 3.73. The van der Waals surface area contributed by atoms with Crippen LogP contribution in [0.15, 0.2) is 54.6 Å². The van der Waals surface area contributed by atoms with Crippen molar-refractivity contribution in [1.29, 1.82) is 0 Å². The van der Waals surface area contributed by atoms with E-state index in [1.807, 2.05) is 30.3 Å². The molecular weight excluding hydrogens is 359 g/mol. The second-order valence-corrected chi connectivity index (χ2v) is 5.63. The van der Waals surface area contributed by atoms with Crippen molar-refractivity contribution in [1.82, 2.24) is 25.1 Å². The number of H-pyrrole nitrogens is 1. The summed E-state index contributed by atoms with van der Waals surface area (Å²) in [6, 6.07) is 15.6. The van der Waals surface area contributed by atoms with Gasteiger partial charge in [0.25, 0.3) is 0 Å². The molecule has 1 N–H and O–H groups in total. The summed E-state index contributed by atoms with van der Waals surface area (Å²) < 4.78 is 44.6. The molecule has 9 heteroatoms. The molecule has 0 unspecified atom stereocenters. The summed E-state index contributed by atoms with van der Waals surface area (Å²) in [5.41, 5.74) is 0.962. The van der Waals surface area contributed by atoms with E-state index in [2.05, 4.69) is 25.1 Å². The fourth-order valence-electron chi connectivity index (χ4n) is 2.50. The summed E-state index contributed by atoms with van der Waals surface area (Å²) in [5, 5.41) is 7.19. The number of ether oxygens (including phenoxy) is 1. The van der Waals surface area contributed by atoms with Crippen LogP contribution in [0.2, 0.25) is 0 Å². The number of nitrogens with one attached hydrogen (secondary N) is 1. The van der Waals surface area contributed by atoms with Gasteiger partial charge in [0.2, 0.25) is 11.7 Å². The first kappa shape index (κ1) is 17.0. The number of hydrogen-bond acceptors (Lipinski definition) is 5. The van der Waals surface area contributed by atoms with Crippen LogP contribution >= 0.6 is 0 Å². The molecule has 0 spiro atoms. The zero-order chi connectivity index (χ0) is 18.9. The second kappa shape index (κ2) is 6.67. The lowest BCUT2D eigenvalue weighted by atomic mass is 10.2. The van der Waals surface area contributed by atoms with Gasteiger partial charge in [0.15, 0.2) is 11.6 Å². The Morgan fingerprint density at radius 1 is 0.889 bits per heavy atom. The van der Waals surface area contributed by atoms with Gasteiger partial charge in [-0.15, -0.1) is 0 Å². The molecule has 0 atom stereocenters. The molecular formula is C18H12F3N5O. The number of rotatable bonds is 4. The number of aromatic nitrogens is 5. The summed E-state index contributed by atoms with van der Waals surface area (Å²) in [4.78, 5) is 11.4. The van der Waals surface area contributed by atoms with Crippen molar-refractivity contribution in [2.45, 2.75) is 12.8 Å². The predicted octanol–water partition coefficient (Wildman–Crippen LogP) is 4.01. The van der Waals surface area contributed by atoms with Gasteiger partial charge in [-0.1, -0.05) is 42.5 Å². The second-order valence-electron chi connectivity index (χ2n) is 5.63. The first-order chi connectivity index (χ1) is 13.0. The van der Waals surface area contributed by atoms with Crippen LogP contribution in [0.3, 0.4) is 0 Å². The molecule has 4 rings (SSSR count). The number of aromatic amines is 1. The van der Waals surface area contributed by atoms with E-state index in [0.717, 1.165) is 5.56 Å². The van der Waals surface area contributed by atoms with Gasteiger partial charge in [-0.25, -0.2) is 9.97 Å². The largest absolute Gasteiger partial charge is 0.469 e. The normalized spacial score (nSPS) is 11.7. The zero-order valence-corrected chi connectivity index (χ0v) is 13.7. The Kier molecular flexibility index (Phi) is 4.19. The van der Waals surface area contributed by atoms with Gasteiger partial charge in [-0.2, -0.15) is 23.3 Å². The van der Waals surface area contributed by atoms with Crippen LogP contribution in [-0.4, -0.2) is 25.1 Å². The lowest BCUT2D eigenvalue weighted by Gasteiger charge is -2.10. The average Bonchev–Trinajstić information content (AvgIpc) is 3.15. The van der Waals surface area contributed by atoms with Crippen LogP contribution in [0.1, 0.15) is 11.6 Å². The van der Waals surface area contributed by atoms with E-state index in [1.54, 1.807) is 18.2 Å². The molecule has 6 nitrogen and oxygen atoms in total. The maximum absolute atomic E-state index is 13.0. The number of hydrogen-bond donors (Lipinski definition) is 1. The van der Waals surface area contributed by atoms with Crippen LogP contribution in [0.5, 0.6) is 5.88 Å². The van der Waals surface area contributed by atoms with E-state index in [1.165, 1.54) is 6.07 Å². The summed E-state index contributed by atoms with van der Waals surface area (Å²) in [6.45, 7) is -0.113. The molecule has 0 amide bonds. The van der Waals surface area contributed by atoms with E-state index in [0.29, 0.717) is 17.0 Å². The Balaban J connectivity index is 1.61. The molecule has 4 aromatic rings. The van der Waals surface area contributed by atoms with Gasteiger partial charge in [-0.05, 0) is 12.1 Å². The molecule has 0 aliphatic carbocycles. The summed E-state index contributed by atoms with van der Waals surface area (Å²) in [6.07, 6.45) is -4.67. The van der Waals surface area contributed by atoms with Gasteiger partial charge in [0.05, 0.1) is 10.9 Å². The molecule has 0 saturated heterocycles. The minimum atomic E-state index is -4.67. The van der Waals surface area contributed by atoms with Crippen molar-refractivity contribution in [2.24, 2.45) is 0 Å². The van der Waals surface area contributed by atoms with E-state index >= 15 is 0 Å². The molecule has 0 fully saturated rings. The molecule has 0 aliphatic heterocycles. The van der Waals surface area contributed by atoms with Gasteiger partial charge >= 0.3 is 6.18 Å². The smallest absolute Gasteiger partial charge is 0.451 e. The number of alkyl halides is 3. The fraction of sp³-hybridized carbons (Fsp3) is 0.111. The lowest BCUT2D eigenvalue weighted by Crippen LogP contribution is -2.12. The highest BCUT2D eigenvalue weighted by atomic mass is 19.4. The fourth-order valence-corrected chi connectivity index (χ4v) is 2.50. The zero-order valence-electron chi connectivity index (χ0n) is 13.7. The Labute approximate surface area is 151 Å². The van der Waals surface area contributed by atoms with Crippen LogP contribution in [0, 0.1) is 0 Å². The summed E-state index contributed by atoms with van der Waals surface area (Å²) >= 11 is 0. The molecule has 27 heavy (non-hydrogen) atoms. The van der Waals surface area contributed by atoms with Crippen molar-refractivity contribution in [2.75, 3.05) is 0 Å². The molecule has 2 aromatic carbocycles. The van der Waals surface area contributed by atoms with Crippen molar-refractivity contribution in [3.63, 3.8) is 0 Å². The van der Waals surface area contributed by atoms with Gasteiger partial charge in [-0.3, -0.25) is 5.10 Å². The standard InChI is InChI=1S/C18H12F3N5O/c19-18(20,21)17-22-13-9-5-4-8-12(13)16(24-17)27-10-14-23-15(26-25-14)11-6-2-1-3-7-11/h1-9H,10H2,(H,23,25,26).